The number of hydrogen-bond donors (Lipinski definition) is 2. The van der Waals surface area contributed by atoms with Crippen LogP contribution in [0.5, 0.6) is 0 Å². The fourth-order valence-electron chi connectivity index (χ4n) is 1.33. The van der Waals surface area contributed by atoms with Gasteiger partial charge in [-0.2, -0.15) is 0 Å². The summed E-state index contributed by atoms with van der Waals surface area (Å²) in [6.07, 6.45) is 1.11. The van der Waals surface area contributed by atoms with Crippen LogP contribution in [-0.2, 0) is 0 Å². The Bertz CT molecular complexity index is 604. The molecular formula is C8H6N4O3. The molecule has 1 aromatic carbocycles. The molecule has 2 aromatic rings. The second-order valence-corrected chi connectivity index (χ2v) is 2.89. The minimum absolute atomic E-state index is 0.00347. The van der Waals surface area contributed by atoms with Crippen LogP contribution in [0.3, 0.4) is 0 Å². The number of nitrogens with zero attached hydrogens (tertiary/aromatic N) is 2. The van der Waals surface area contributed by atoms with Crippen molar-refractivity contribution in [2.75, 3.05) is 5.73 Å². The lowest BCUT2D eigenvalue weighted by Crippen LogP contribution is -2.08. The van der Waals surface area contributed by atoms with E-state index in [1.165, 1.54) is 12.1 Å². The standard InChI is InChI=1S/C8H6N4O3/c9-5-2-1-4-6(7(5)12(14)15)10-3-11-8(4)13/h1-3H,9H2,(H,10,11,13). The van der Waals surface area contributed by atoms with Crippen LogP contribution < -0.4 is 11.3 Å². The first-order valence-electron chi connectivity index (χ1n) is 4.01. The minimum Gasteiger partial charge on any atom is -0.393 e. The van der Waals surface area contributed by atoms with Gasteiger partial charge in [0.15, 0.2) is 5.52 Å². The zero-order chi connectivity index (χ0) is 11.0. The van der Waals surface area contributed by atoms with Crippen molar-refractivity contribution in [3.8, 4) is 0 Å². The molecule has 0 aliphatic carbocycles. The van der Waals surface area contributed by atoms with Crippen LogP contribution in [0.4, 0.5) is 11.4 Å². The second kappa shape index (κ2) is 3.05. The van der Waals surface area contributed by atoms with Gasteiger partial charge in [0.05, 0.1) is 16.6 Å². The number of rotatable bonds is 1. The molecule has 76 valence electrons. The van der Waals surface area contributed by atoms with E-state index in [2.05, 4.69) is 9.97 Å². The average Bonchev–Trinajstić information content (AvgIpc) is 2.17. The van der Waals surface area contributed by atoms with Gasteiger partial charge in [-0.3, -0.25) is 14.9 Å². The van der Waals surface area contributed by atoms with Crippen molar-refractivity contribution < 1.29 is 4.92 Å². The van der Waals surface area contributed by atoms with Crippen molar-refractivity contribution in [1.29, 1.82) is 0 Å². The van der Waals surface area contributed by atoms with Crippen LogP contribution in [0.1, 0.15) is 0 Å². The number of anilines is 1. The SMILES string of the molecule is Nc1ccc2c(=O)[nH]cnc2c1[N+](=O)[O-]. The maximum atomic E-state index is 11.3. The van der Waals surface area contributed by atoms with E-state index in [0.717, 1.165) is 6.33 Å². The Morgan fingerprint density at radius 1 is 1.47 bits per heavy atom. The number of H-pyrrole nitrogens is 1. The van der Waals surface area contributed by atoms with E-state index in [1.807, 2.05) is 0 Å². The van der Waals surface area contributed by atoms with Crippen molar-refractivity contribution in [1.82, 2.24) is 9.97 Å². The molecule has 7 nitrogen and oxygen atoms in total. The zero-order valence-electron chi connectivity index (χ0n) is 7.43. The van der Waals surface area contributed by atoms with Gasteiger partial charge < -0.3 is 10.7 Å². The van der Waals surface area contributed by atoms with E-state index in [9.17, 15) is 14.9 Å². The Labute approximate surface area is 82.7 Å². The highest BCUT2D eigenvalue weighted by Crippen LogP contribution is 2.27. The van der Waals surface area contributed by atoms with E-state index in [1.54, 1.807) is 0 Å². The first-order valence-corrected chi connectivity index (χ1v) is 4.01. The number of aromatic amines is 1. The molecule has 0 unspecified atom stereocenters. The van der Waals surface area contributed by atoms with Crippen LogP contribution in [0.15, 0.2) is 23.3 Å². The topological polar surface area (TPSA) is 115 Å². The number of nitrogens with one attached hydrogen (secondary N) is 1. The molecule has 1 heterocycles. The second-order valence-electron chi connectivity index (χ2n) is 2.89. The number of nitro benzene ring substituents is 1. The minimum atomic E-state index is -0.649. The molecule has 1 aromatic heterocycles. The first kappa shape index (κ1) is 9.13. The predicted octanol–water partition coefficient (Wildman–Crippen LogP) is 0.413. The van der Waals surface area contributed by atoms with Crippen LogP contribution in [0.25, 0.3) is 10.9 Å². The third kappa shape index (κ3) is 1.30. The van der Waals surface area contributed by atoms with Crippen molar-refractivity contribution in [3.63, 3.8) is 0 Å². The third-order valence-electron chi connectivity index (χ3n) is 2.00. The summed E-state index contributed by atoms with van der Waals surface area (Å²) in [5, 5.41) is 10.9. The molecule has 0 saturated carbocycles. The zero-order valence-corrected chi connectivity index (χ0v) is 7.43. The number of nitrogen functional groups attached to an aromatic ring is 1. The fraction of sp³-hybridized carbons (Fsp3) is 0. The lowest BCUT2D eigenvalue weighted by Gasteiger charge is -1.99. The molecule has 0 radical (unpaired) electrons. The van der Waals surface area contributed by atoms with Crippen LogP contribution in [-0.4, -0.2) is 14.9 Å². The molecule has 0 aliphatic heterocycles. The molecule has 7 heteroatoms. The third-order valence-corrected chi connectivity index (χ3v) is 2.00. The summed E-state index contributed by atoms with van der Waals surface area (Å²) in [5.74, 6) is 0. The van der Waals surface area contributed by atoms with Gasteiger partial charge in [-0.15, -0.1) is 0 Å². The van der Waals surface area contributed by atoms with E-state index in [4.69, 9.17) is 5.73 Å². The summed E-state index contributed by atoms with van der Waals surface area (Å²) < 4.78 is 0. The van der Waals surface area contributed by atoms with Gasteiger partial charge in [-0.25, -0.2) is 4.98 Å². The Morgan fingerprint density at radius 3 is 2.87 bits per heavy atom. The van der Waals surface area contributed by atoms with Gasteiger partial charge in [0.1, 0.15) is 5.69 Å². The first-order chi connectivity index (χ1) is 7.11. The quantitative estimate of drug-likeness (QED) is 0.398. The molecule has 0 amide bonds. The lowest BCUT2D eigenvalue weighted by atomic mass is 10.2. The highest BCUT2D eigenvalue weighted by atomic mass is 16.6. The van der Waals surface area contributed by atoms with Gasteiger partial charge in [0.2, 0.25) is 0 Å². The number of fused-ring (bicyclic) bond motifs is 1. The highest BCUT2D eigenvalue weighted by molar-refractivity contribution is 5.91. The number of nitrogens with two attached hydrogens (primary N) is 1. The largest absolute Gasteiger partial charge is 0.393 e. The molecule has 0 atom stereocenters. The van der Waals surface area contributed by atoms with Crippen LogP contribution >= 0.6 is 0 Å². The van der Waals surface area contributed by atoms with E-state index in [-0.39, 0.29) is 22.3 Å². The number of nitro groups is 1. The van der Waals surface area contributed by atoms with Gasteiger partial charge in [0.25, 0.3) is 5.56 Å². The number of aromatic nitrogens is 2. The predicted molar refractivity (Wildman–Crippen MR) is 53.4 cm³/mol. The smallest absolute Gasteiger partial charge is 0.318 e. The van der Waals surface area contributed by atoms with Crippen molar-refractivity contribution in [2.45, 2.75) is 0 Å². The van der Waals surface area contributed by atoms with Crippen molar-refractivity contribution in [2.24, 2.45) is 0 Å². The summed E-state index contributed by atoms with van der Waals surface area (Å²) in [6.45, 7) is 0. The molecule has 3 N–H and O–H groups in total. The fourth-order valence-corrected chi connectivity index (χ4v) is 1.33. The lowest BCUT2D eigenvalue weighted by molar-refractivity contribution is -0.382. The van der Waals surface area contributed by atoms with Gasteiger partial charge >= 0.3 is 5.69 Å². The Hall–Kier alpha value is -2.44. The van der Waals surface area contributed by atoms with Gasteiger partial charge in [-0.1, -0.05) is 0 Å². The Balaban J connectivity index is 3.01. The summed E-state index contributed by atoms with van der Waals surface area (Å²) >= 11 is 0. The average molecular weight is 206 g/mol. The Morgan fingerprint density at radius 2 is 2.20 bits per heavy atom. The van der Waals surface area contributed by atoms with Gasteiger partial charge in [-0.05, 0) is 12.1 Å². The molecule has 0 saturated heterocycles. The van der Waals surface area contributed by atoms with E-state index < -0.39 is 10.5 Å². The van der Waals surface area contributed by atoms with E-state index >= 15 is 0 Å². The number of hydrogen-bond acceptors (Lipinski definition) is 5. The molecule has 15 heavy (non-hydrogen) atoms. The summed E-state index contributed by atoms with van der Waals surface area (Å²) in [5.41, 5.74) is 4.68. The van der Waals surface area contributed by atoms with Crippen molar-refractivity contribution >= 4 is 22.3 Å². The monoisotopic (exact) mass is 206 g/mol. The number of benzene rings is 1. The molecular weight excluding hydrogens is 200 g/mol. The summed E-state index contributed by atoms with van der Waals surface area (Å²) in [6, 6.07) is 2.72. The van der Waals surface area contributed by atoms with Crippen molar-refractivity contribution in [3.05, 3.63) is 38.9 Å². The maximum Gasteiger partial charge on any atom is 0.318 e. The Kier molecular flexibility index (Phi) is 1.86. The molecule has 0 spiro atoms. The van der Waals surface area contributed by atoms with Crippen LogP contribution in [0, 0.1) is 10.1 Å². The summed E-state index contributed by atoms with van der Waals surface area (Å²) in [7, 11) is 0. The molecule has 2 rings (SSSR count). The van der Waals surface area contributed by atoms with Crippen LogP contribution in [0.2, 0.25) is 0 Å². The van der Waals surface area contributed by atoms with Gasteiger partial charge in [0, 0.05) is 0 Å². The molecule has 0 bridgehead atoms. The molecule has 0 fully saturated rings. The highest BCUT2D eigenvalue weighted by Gasteiger charge is 2.18. The van der Waals surface area contributed by atoms with E-state index in [0.29, 0.717) is 0 Å². The summed E-state index contributed by atoms with van der Waals surface area (Å²) in [4.78, 5) is 27.5. The molecule has 0 aliphatic rings. The normalized spacial score (nSPS) is 10.4. The maximum absolute atomic E-state index is 11.3.